The molecule has 1 aromatic heterocycles. The van der Waals surface area contributed by atoms with Crippen LogP contribution < -0.4 is 11.0 Å². The molecule has 2 N–H and O–H groups in total. The van der Waals surface area contributed by atoms with Gasteiger partial charge in [-0.2, -0.15) is 5.26 Å². The summed E-state index contributed by atoms with van der Waals surface area (Å²) in [6, 6.07) is 2.33. The third-order valence-electron chi connectivity index (χ3n) is 2.90. The van der Waals surface area contributed by atoms with Gasteiger partial charge in [-0.05, 0) is 32.7 Å². The number of nitrogens with one attached hydrogen (secondary N) is 2. The fourth-order valence-corrected chi connectivity index (χ4v) is 2.49. The molecule has 0 saturated heterocycles. The van der Waals surface area contributed by atoms with E-state index in [1.54, 1.807) is 7.05 Å². The van der Waals surface area contributed by atoms with Crippen molar-refractivity contribution in [1.82, 2.24) is 20.1 Å². The highest BCUT2D eigenvalue weighted by atomic mass is 32.2. The summed E-state index contributed by atoms with van der Waals surface area (Å²) in [7, 11) is 1.69. The minimum absolute atomic E-state index is 0.200. The maximum atomic E-state index is 11.2. The first kappa shape index (κ1) is 15.8. The van der Waals surface area contributed by atoms with E-state index in [2.05, 4.69) is 28.5 Å². The summed E-state index contributed by atoms with van der Waals surface area (Å²) in [5.74, 6) is 0.837. The first-order valence-corrected chi connectivity index (χ1v) is 7.41. The molecule has 0 spiro atoms. The van der Waals surface area contributed by atoms with Crippen LogP contribution in [0.15, 0.2) is 9.95 Å². The molecule has 0 saturated carbocycles. The highest BCUT2D eigenvalue weighted by Gasteiger charge is 2.21. The highest BCUT2D eigenvalue weighted by molar-refractivity contribution is 7.99. The van der Waals surface area contributed by atoms with Gasteiger partial charge in [0.15, 0.2) is 5.16 Å². The molecule has 1 rings (SSSR count). The lowest BCUT2D eigenvalue weighted by Gasteiger charge is -2.22. The molecule has 0 aromatic carbocycles. The number of aromatic amines is 1. The van der Waals surface area contributed by atoms with Crippen molar-refractivity contribution in [2.24, 2.45) is 7.05 Å². The van der Waals surface area contributed by atoms with Crippen LogP contribution in [0, 0.1) is 11.3 Å². The molecule has 1 atom stereocenters. The molecule has 0 bridgehead atoms. The Morgan fingerprint density at radius 2 is 2.37 bits per heavy atom. The van der Waals surface area contributed by atoms with E-state index < -0.39 is 5.54 Å². The molecule has 1 heterocycles. The zero-order valence-corrected chi connectivity index (χ0v) is 12.5. The fraction of sp³-hybridized carbons (Fsp3) is 0.750. The van der Waals surface area contributed by atoms with Crippen molar-refractivity contribution in [1.29, 1.82) is 5.26 Å². The summed E-state index contributed by atoms with van der Waals surface area (Å²) in [6.45, 7) is 4.86. The van der Waals surface area contributed by atoms with Gasteiger partial charge in [0, 0.05) is 12.8 Å². The summed E-state index contributed by atoms with van der Waals surface area (Å²) in [5.41, 5.74) is -0.664. The van der Waals surface area contributed by atoms with Crippen LogP contribution in [0.25, 0.3) is 0 Å². The van der Waals surface area contributed by atoms with E-state index in [1.165, 1.54) is 16.3 Å². The van der Waals surface area contributed by atoms with E-state index in [0.717, 1.165) is 31.6 Å². The number of hydrogen-bond acceptors (Lipinski definition) is 5. The van der Waals surface area contributed by atoms with Gasteiger partial charge in [-0.1, -0.05) is 18.7 Å². The quantitative estimate of drug-likeness (QED) is 0.554. The summed E-state index contributed by atoms with van der Waals surface area (Å²) < 4.78 is 1.49. The monoisotopic (exact) mass is 283 g/mol. The highest BCUT2D eigenvalue weighted by Crippen LogP contribution is 2.18. The van der Waals surface area contributed by atoms with Crippen LogP contribution in [-0.2, 0) is 7.05 Å². The Morgan fingerprint density at radius 1 is 1.63 bits per heavy atom. The largest absolute Gasteiger partial charge is 0.343 e. The first-order chi connectivity index (χ1) is 9.02. The van der Waals surface area contributed by atoms with Gasteiger partial charge in [0.1, 0.15) is 5.54 Å². The third-order valence-corrected chi connectivity index (χ3v) is 4.02. The molecular formula is C12H21N5OS. The molecule has 0 fully saturated rings. The molecule has 0 radical (unpaired) electrons. The minimum atomic E-state index is -0.464. The Bertz CT molecular complexity index is 489. The van der Waals surface area contributed by atoms with E-state index in [1.807, 2.05) is 6.92 Å². The van der Waals surface area contributed by atoms with E-state index in [-0.39, 0.29) is 5.69 Å². The van der Waals surface area contributed by atoms with Crippen LogP contribution in [0.1, 0.15) is 33.1 Å². The lowest BCUT2D eigenvalue weighted by atomic mass is 9.98. The van der Waals surface area contributed by atoms with Crippen LogP contribution in [0.3, 0.4) is 0 Å². The van der Waals surface area contributed by atoms with Crippen LogP contribution in [0.4, 0.5) is 0 Å². The van der Waals surface area contributed by atoms with Crippen LogP contribution in [0.2, 0.25) is 0 Å². The third kappa shape index (κ3) is 4.73. The van der Waals surface area contributed by atoms with Crippen LogP contribution >= 0.6 is 11.8 Å². The zero-order valence-electron chi connectivity index (χ0n) is 11.7. The Morgan fingerprint density at radius 3 is 2.89 bits per heavy atom. The normalized spacial score (nSPS) is 14.0. The van der Waals surface area contributed by atoms with Crippen molar-refractivity contribution in [2.45, 2.75) is 43.8 Å². The van der Waals surface area contributed by atoms with Crippen molar-refractivity contribution in [3.8, 4) is 6.07 Å². The van der Waals surface area contributed by atoms with Gasteiger partial charge in [-0.25, -0.2) is 9.89 Å². The number of thioether (sulfide) groups is 1. The summed E-state index contributed by atoms with van der Waals surface area (Å²) in [5, 5.41) is 19.5. The van der Waals surface area contributed by atoms with Crippen molar-refractivity contribution in [2.75, 3.05) is 12.3 Å². The molecule has 0 aliphatic carbocycles. The van der Waals surface area contributed by atoms with Gasteiger partial charge in [-0.15, -0.1) is 5.10 Å². The van der Waals surface area contributed by atoms with E-state index >= 15 is 0 Å². The molecule has 0 aliphatic rings. The Balaban J connectivity index is 2.35. The summed E-state index contributed by atoms with van der Waals surface area (Å²) in [6.07, 6.45) is 2.70. The SMILES string of the molecule is CCCNC(C)(C#N)CCCSc1n[nH]c(=O)n1C. The maximum absolute atomic E-state index is 11.2. The van der Waals surface area contributed by atoms with E-state index in [4.69, 9.17) is 0 Å². The summed E-state index contributed by atoms with van der Waals surface area (Å²) in [4.78, 5) is 11.2. The Hall–Kier alpha value is -1.26. The number of hydrogen-bond donors (Lipinski definition) is 2. The molecular weight excluding hydrogens is 262 g/mol. The van der Waals surface area contributed by atoms with Gasteiger partial charge in [-0.3, -0.25) is 9.88 Å². The maximum Gasteiger partial charge on any atom is 0.343 e. The second-order valence-corrected chi connectivity index (χ2v) is 5.76. The number of nitrogens with zero attached hydrogens (tertiary/aromatic N) is 3. The molecule has 19 heavy (non-hydrogen) atoms. The fourth-order valence-electron chi connectivity index (χ4n) is 1.64. The lowest BCUT2D eigenvalue weighted by Crippen LogP contribution is -2.41. The molecule has 106 valence electrons. The zero-order chi connectivity index (χ0) is 14.3. The number of rotatable bonds is 8. The smallest absolute Gasteiger partial charge is 0.300 e. The first-order valence-electron chi connectivity index (χ1n) is 6.43. The number of nitriles is 1. The molecule has 1 aromatic rings. The van der Waals surface area contributed by atoms with Gasteiger partial charge < -0.3 is 0 Å². The van der Waals surface area contributed by atoms with Gasteiger partial charge in [0.05, 0.1) is 6.07 Å². The second-order valence-electron chi connectivity index (χ2n) is 4.69. The molecule has 0 amide bonds. The predicted octanol–water partition coefficient (Wildman–Crippen LogP) is 1.26. The van der Waals surface area contributed by atoms with Crippen LogP contribution in [-0.4, -0.2) is 32.6 Å². The number of aromatic nitrogens is 3. The molecule has 1 unspecified atom stereocenters. The van der Waals surface area contributed by atoms with Crippen molar-refractivity contribution in [3.63, 3.8) is 0 Å². The predicted molar refractivity (Wildman–Crippen MR) is 76.1 cm³/mol. The van der Waals surface area contributed by atoms with Crippen molar-refractivity contribution >= 4 is 11.8 Å². The standard InChI is InChI=1S/C12H21N5OS/c1-4-7-14-12(2,9-13)6-5-8-19-11-16-15-10(18)17(11)3/h14H,4-8H2,1-3H3,(H,15,18). The van der Waals surface area contributed by atoms with Gasteiger partial charge >= 0.3 is 5.69 Å². The Kier molecular flexibility index (Phi) is 6.12. The summed E-state index contributed by atoms with van der Waals surface area (Å²) >= 11 is 1.53. The van der Waals surface area contributed by atoms with Gasteiger partial charge in [0.25, 0.3) is 0 Å². The number of H-pyrrole nitrogens is 1. The molecule has 0 aliphatic heterocycles. The second kappa shape index (κ2) is 7.36. The van der Waals surface area contributed by atoms with Gasteiger partial charge in [0.2, 0.25) is 0 Å². The average molecular weight is 283 g/mol. The van der Waals surface area contributed by atoms with E-state index in [9.17, 15) is 10.1 Å². The molecule has 7 heteroatoms. The van der Waals surface area contributed by atoms with Crippen molar-refractivity contribution < 1.29 is 0 Å². The lowest BCUT2D eigenvalue weighted by molar-refractivity contribution is 0.415. The van der Waals surface area contributed by atoms with E-state index in [0.29, 0.717) is 5.16 Å². The topological polar surface area (TPSA) is 86.5 Å². The Labute approximate surface area is 117 Å². The molecule has 6 nitrogen and oxygen atoms in total. The minimum Gasteiger partial charge on any atom is -0.300 e. The van der Waals surface area contributed by atoms with Crippen LogP contribution in [0.5, 0.6) is 0 Å². The van der Waals surface area contributed by atoms with Crippen molar-refractivity contribution in [3.05, 3.63) is 10.5 Å². The average Bonchev–Trinajstić information content (AvgIpc) is 2.73.